The van der Waals surface area contributed by atoms with Crippen molar-refractivity contribution in [2.75, 3.05) is 12.4 Å². The van der Waals surface area contributed by atoms with Gasteiger partial charge in [-0.05, 0) is 25.1 Å². The Morgan fingerprint density at radius 1 is 0.971 bits per heavy atom. The van der Waals surface area contributed by atoms with Gasteiger partial charge in [0.2, 0.25) is 6.10 Å². The molecule has 0 aliphatic heterocycles. The van der Waals surface area contributed by atoms with E-state index < -0.39 is 18.0 Å². The van der Waals surface area contributed by atoms with Gasteiger partial charge in [0.15, 0.2) is 5.69 Å². The first-order chi connectivity index (χ1) is 16.5. The number of anilines is 1. The smallest absolute Gasteiger partial charge is 0.360 e. The van der Waals surface area contributed by atoms with Crippen molar-refractivity contribution in [2.24, 2.45) is 0 Å². The Labute approximate surface area is 195 Å². The average molecular weight is 457 g/mol. The summed E-state index contributed by atoms with van der Waals surface area (Å²) in [5.74, 6) is -0.780. The molecule has 172 valence electrons. The molecular formula is C26H23N3O5. The van der Waals surface area contributed by atoms with E-state index in [0.717, 1.165) is 0 Å². The number of benzene rings is 3. The van der Waals surface area contributed by atoms with Crippen LogP contribution in [0.1, 0.15) is 29.1 Å². The molecule has 0 radical (unpaired) electrons. The minimum atomic E-state index is -1.25. The highest BCUT2D eigenvalue weighted by atomic mass is 16.5. The lowest BCUT2D eigenvalue weighted by Gasteiger charge is -2.19. The molecule has 34 heavy (non-hydrogen) atoms. The summed E-state index contributed by atoms with van der Waals surface area (Å²) in [6, 6.07) is 22.2. The van der Waals surface area contributed by atoms with Crippen LogP contribution in [0, 0.1) is 0 Å². The number of carbonyl (C=O) groups is 2. The quantitative estimate of drug-likeness (QED) is 0.422. The van der Waals surface area contributed by atoms with Gasteiger partial charge in [-0.3, -0.25) is 9.59 Å². The number of hydrogen-bond acceptors (Lipinski definition) is 6. The molecule has 1 heterocycles. The fourth-order valence-electron chi connectivity index (χ4n) is 3.57. The minimum absolute atomic E-state index is 0.0350. The minimum Gasteiger partial charge on any atom is -0.497 e. The molecule has 0 bridgehead atoms. The van der Waals surface area contributed by atoms with Crippen LogP contribution in [-0.2, 0) is 16.1 Å². The number of carbonyl (C=O) groups excluding carboxylic acids is 2. The summed E-state index contributed by atoms with van der Waals surface area (Å²) in [6.07, 6.45) is -1.25. The van der Waals surface area contributed by atoms with E-state index in [-0.39, 0.29) is 17.8 Å². The van der Waals surface area contributed by atoms with Crippen molar-refractivity contribution >= 4 is 28.3 Å². The molecule has 0 aliphatic carbocycles. The molecule has 0 aliphatic rings. The van der Waals surface area contributed by atoms with Gasteiger partial charge in [0.1, 0.15) is 5.75 Å². The van der Waals surface area contributed by atoms with Crippen molar-refractivity contribution < 1.29 is 19.1 Å². The second-order valence-electron chi connectivity index (χ2n) is 7.43. The van der Waals surface area contributed by atoms with Gasteiger partial charge in [-0.25, -0.2) is 9.48 Å². The predicted octanol–water partition coefficient (Wildman–Crippen LogP) is 3.96. The first-order valence-corrected chi connectivity index (χ1v) is 10.7. The topological polar surface area (TPSA) is 99.5 Å². The fraction of sp³-hybridized carbons (Fsp3) is 0.154. The zero-order valence-electron chi connectivity index (χ0n) is 18.7. The van der Waals surface area contributed by atoms with Crippen LogP contribution in [0.2, 0.25) is 0 Å². The number of nitrogens with one attached hydrogen (secondary N) is 1. The Bertz CT molecular complexity index is 1400. The number of hydrogen-bond donors (Lipinski definition) is 1. The number of esters is 1. The molecular weight excluding hydrogens is 434 g/mol. The summed E-state index contributed by atoms with van der Waals surface area (Å²) in [5.41, 5.74) is 0.644. The van der Waals surface area contributed by atoms with E-state index in [1.54, 1.807) is 85.8 Å². The predicted molar refractivity (Wildman–Crippen MR) is 128 cm³/mol. The lowest BCUT2D eigenvalue weighted by atomic mass is 10.1. The summed E-state index contributed by atoms with van der Waals surface area (Å²) >= 11 is 0. The van der Waals surface area contributed by atoms with Crippen LogP contribution in [0.3, 0.4) is 0 Å². The second-order valence-corrected chi connectivity index (χ2v) is 7.43. The number of methoxy groups -OCH3 is 1. The number of rotatable bonds is 7. The Balaban J connectivity index is 1.70. The molecule has 1 N–H and O–H groups in total. The van der Waals surface area contributed by atoms with Crippen LogP contribution in [0.5, 0.6) is 5.75 Å². The van der Waals surface area contributed by atoms with E-state index >= 15 is 0 Å². The van der Waals surface area contributed by atoms with Gasteiger partial charge in [-0.15, -0.1) is 0 Å². The number of ether oxygens (including phenoxy) is 2. The van der Waals surface area contributed by atoms with Gasteiger partial charge < -0.3 is 14.8 Å². The van der Waals surface area contributed by atoms with Crippen molar-refractivity contribution in [3.63, 3.8) is 0 Å². The number of fused-ring (bicyclic) bond motifs is 1. The molecule has 1 atom stereocenters. The molecule has 4 rings (SSSR count). The van der Waals surface area contributed by atoms with Gasteiger partial charge in [0, 0.05) is 29.2 Å². The zero-order chi connectivity index (χ0) is 24.1. The molecule has 3 aromatic carbocycles. The van der Waals surface area contributed by atoms with E-state index in [0.29, 0.717) is 27.8 Å². The van der Waals surface area contributed by atoms with Crippen LogP contribution in [0.25, 0.3) is 10.8 Å². The van der Waals surface area contributed by atoms with Gasteiger partial charge in [0.25, 0.3) is 11.5 Å². The van der Waals surface area contributed by atoms with Crippen molar-refractivity contribution in [1.29, 1.82) is 0 Å². The zero-order valence-corrected chi connectivity index (χ0v) is 18.7. The van der Waals surface area contributed by atoms with Crippen LogP contribution < -0.4 is 15.6 Å². The number of aryl methyl sites for hydroxylation is 1. The maximum Gasteiger partial charge on any atom is 0.360 e. The Kier molecular flexibility index (Phi) is 6.68. The van der Waals surface area contributed by atoms with E-state index in [1.807, 2.05) is 0 Å². The molecule has 0 saturated heterocycles. The van der Waals surface area contributed by atoms with Gasteiger partial charge in [-0.1, -0.05) is 54.6 Å². The van der Waals surface area contributed by atoms with E-state index in [4.69, 9.17) is 9.47 Å². The maximum atomic E-state index is 13.3. The van der Waals surface area contributed by atoms with E-state index in [9.17, 15) is 14.4 Å². The molecule has 8 heteroatoms. The first-order valence-electron chi connectivity index (χ1n) is 10.7. The number of aromatic nitrogens is 2. The van der Waals surface area contributed by atoms with Crippen LogP contribution in [-0.4, -0.2) is 28.8 Å². The first kappa shape index (κ1) is 22.7. The summed E-state index contributed by atoms with van der Waals surface area (Å²) in [7, 11) is 1.53. The Morgan fingerprint density at radius 2 is 1.68 bits per heavy atom. The highest BCUT2D eigenvalue weighted by Crippen LogP contribution is 2.24. The van der Waals surface area contributed by atoms with Crippen LogP contribution in [0.4, 0.5) is 5.69 Å². The summed E-state index contributed by atoms with van der Waals surface area (Å²) in [6.45, 7) is 2.04. The third kappa shape index (κ3) is 4.66. The highest BCUT2D eigenvalue weighted by molar-refractivity contribution is 6.04. The summed E-state index contributed by atoms with van der Waals surface area (Å²) in [5, 5.41) is 7.70. The summed E-state index contributed by atoms with van der Waals surface area (Å²) < 4.78 is 12.1. The standard InChI is InChI=1S/C26H23N3O5/c1-3-29-25(31)21-15-8-7-14-20(21)22(28-29)26(32)34-23(17-10-5-4-6-11-17)24(30)27-18-12-9-13-19(16-18)33-2/h4-16,23H,3H2,1-2H3,(H,27,30)/t23-/m0/s1. The largest absolute Gasteiger partial charge is 0.497 e. The van der Waals surface area contributed by atoms with Crippen molar-refractivity contribution in [1.82, 2.24) is 9.78 Å². The van der Waals surface area contributed by atoms with E-state index in [2.05, 4.69) is 10.4 Å². The molecule has 4 aromatic rings. The molecule has 0 unspecified atom stereocenters. The Hall–Kier alpha value is -4.46. The van der Waals surface area contributed by atoms with Crippen molar-refractivity contribution in [3.8, 4) is 5.75 Å². The highest BCUT2D eigenvalue weighted by Gasteiger charge is 2.28. The third-order valence-corrected chi connectivity index (χ3v) is 5.26. The van der Waals surface area contributed by atoms with Gasteiger partial charge in [-0.2, -0.15) is 5.10 Å². The van der Waals surface area contributed by atoms with Crippen LogP contribution >= 0.6 is 0 Å². The van der Waals surface area contributed by atoms with Gasteiger partial charge in [0.05, 0.1) is 12.5 Å². The monoisotopic (exact) mass is 457 g/mol. The normalized spacial score (nSPS) is 11.6. The van der Waals surface area contributed by atoms with Crippen molar-refractivity contribution in [3.05, 3.63) is 100 Å². The third-order valence-electron chi connectivity index (χ3n) is 5.26. The fourth-order valence-corrected chi connectivity index (χ4v) is 3.57. The molecule has 1 amide bonds. The number of nitrogens with zero attached hydrogens (tertiary/aromatic N) is 2. The number of amides is 1. The van der Waals surface area contributed by atoms with Crippen LogP contribution in [0.15, 0.2) is 83.7 Å². The second kappa shape index (κ2) is 9.99. The SMILES string of the molecule is CCn1nc(C(=O)O[C@H](C(=O)Nc2cccc(OC)c2)c2ccccc2)c2ccccc2c1=O. The molecule has 0 spiro atoms. The molecule has 1 aromatic heterocycles. The summed E-state index contributed by atoms with van der Waals surface area (Å²) in [4.78, 5) is 39.1. The maximum absolute atomic E-state index is 13.3. The molecule has 0 fully saturated rings. The average Bonchev–Trinajstić information content (AvgIpc) is 2.88. The lowest BCUT2D eigenvalue weighted by Crippen LogP contribution is -2.29. The van der Waals surface area contributed by atoms with Crippen molar-refractivity contribution in [2.45, 2.75) is 19.6 Å². The lowest BCUT2D eigenvalue weighted by molar-refractivity contribution is -0.125. The van der Waals surface area contributed by atoms with E-state index in [1.165, 1.54) is 11.8 Å². The molecule has 8 nitrogen and oxygen atoms in total. The Morgan fingerprint density at radius 3 is 2.38 bits per heavy atom. The molecule has 0 saturated carbocycles. The van der Waals surface area contributed by atoms with Gasteiger partial charge >= 0.3 is 5.97 Å².